The Morgan fingerprint density at radius 3 is 2.76 bits per heavy atom. The monoisotopic (exact) mass is 479 g/mol. The first-order valence-corrected chi connectivity index (χ1v) is 11.3. The molecule has 0 atom stereocenters. The second-order valence-corrected chi connectivity index (χ2v) is 8.57. The number of nitro groups is 1. The Morgan fingerprint density at radius 2 is 2.03 bits per heavy atom. The van der Waals surface area contributed by atoms with Gasteiger partial charge in [-0.3, -0.25) is 14.9 Å². The third-order valence-corrected chi connectivity index (χ3v) is 6.09. The molecule has 4 aromatic rings. The highest BCUT2D eigenvalue weighted by Crippen LogP contribution is 2.37. The highest BCUT2D eigenvalue weighted by Gasteiger charge is 2.24. The summed E-state index contributed by atoms with van der Waals surface area (Å²) < 4.78 is 10.6. The quantitative estimate of drug-likeness (QED) is 0.213. The zero-order valence-corrected chi connectivity index (χ0v) is 19.5. The molecule has 0 aliphatic rings. The Morgan fingerprint density at radius 1 is 1.24 bits per heavy atom. The number of hydrogen-bond donors (Lipinski definition) is 1. The fourth-order valence-electron chi connectivity index (χ4n) is 3.75. The van der Waals surface area contributed by atoms with Gasteiger partial charge in [0.1, 0.15) is 16.3 Å². The number of amides is 1. The zero-order chi connectivity index (χ0) is 24.4. The number of carbonyl (C=O) groups is 2. The molecule has 0 saturated carbocycles. The SMILES string of the molecule is CCOC(=O)c1c(-c2cccc([N+](=O)[O-])c2)csc1NC(=O)Cc1noc2c(C)cc(C)cc12. The van der Waals surface area contributed by atoms with Gasteiger partial charge in [0.2, 0.25) is 5.91 Å². The van der Waals surface area contributed by atoms with E-state index in [9.17, 15) is 19.7 Å². The second kappa shape index (κ2) is 9.44. The van der Waals surface area contributed by atoms with Crippen LogP contribution in [0.4, 0.5) is 10.7 Å². The van der Waals surface area contributed by atoms with E-state index in [-0.39, 0.29) is 30.2 Å². The molecule has 174 valence electrons. The number of nitro benzene ring substituents is 1. The Bertz CT molecular complexity index is 1420. The number of benzene rings is 2. The van der Waals surface area contributed by atoms with Crippen LogP contribution in [0.5, 0.6) is 0 Å². The second-order valence-electron chi connectivity index (χ2n) is 7.69. The number of thiophene rings is 1. The van der Waals surface area contributed by atoms with Crippen LogP contribution in [0.15, 0.2) is 46.3 Å². The summed E-state index contributed by atoms with van der Waals surface area (Å²) >= 11 is 1.14. The number of carbonyl (C=O) groups excluding carboxylic acids is 2. The standard InChI is InChI=1S/C24H21N3O6S/c1-4-32-24(29)21-18(15-6-5-7-16(10-15)27(30)31)12-34-23(21)25-20(28)11-19-17-9-13(2)8-14(3)22(17)33-26-19/h5-10,12H,4,11H2,1-3H3,(H,25,28). The van der Waals surface area contributed by atoms with E-state index in [1.165, 1.54) is 18.2 Å². The van der Waals surface area contributed by atoms with Crippen LogP contribution in [0, 0.1) is 24.0 Å². The summed E-state index contributed by atoms with van der Waals surface area (Å²) in [5.74, 6) is -1.01. The van der Waals surface area contributed by atoms with Crippen LogP contribution >= 0.6 is 11.3 Å². The maximum absolute atomic E-state index is 12.9. The van der Waals surface area contributed by atoms with E-state index in [0.717, 1.165) is 27.8 Å². The van der Waals surface area contributed by atoms with Crippen molar-refractivity contribution in [3.8, 4) is 11.1 Å². The summed E-state index contributed by atoms with van der Waals surface area (Å²) in [6.07, 6.45) is -0.0534. The van der Waals surface area contributed by atoms with Crippen molar-refractivity contribution in [2.75, 3.05) is 11.9 Å². The minimum absolute atomic E-state index is 0.0534. The van der Waals surface area contributed by atoms with E-state index in [4.69, 9.17) is 9.26 Å². The fraction of sp³-hybridized carbons (Fsp3) is 0.208. The molecular weight excluding hydrogens is 458 g/mol. The summed E-state index contributed by atoms with van der Waals surface area (Å²) in [4.78, 5) is 36.3. The van der Waals surface area contributed by atoms with Crippen molar-refractivity contribution in [1.29, 1.82) is 0 Å². The number of esters is 1. The summed E-state index contributed by atoms with van der Waals surface area (Å²) in [6, 6.07) is 9.84. The topological polar surface area (TPSA) is 125 Å². The van der Waals surface area contributed by atoms with Gasteiger partial charge in [0.05, 0.1) is 18.0 Å². The highest BCUT2D eigenvalue weighted by atomic mass is 32.1. The molecule has 0 fully saturated rings. The summed E-state index contributed by atoms with van der Waals surface area (Å²) in [6.45, 7) is 5.68. The van der Waals surface area contributed by atoms with Gasteiger partial charge in [0.15, 0.2) is 5.58 Å². The summed E-state index contributed by atoms with van der Waals surface area (Å²) in [7, 11) is 0. The highest BCUT2D eigenvalue weighted by molar-refractivity contribution is 7.15. The first-order chi connectivity index (χ1) is 16.3. The van der Waals surface area contributed by atoms with E-state index in [0.29, 0.717) is 27.4 Å². The lowest BCUT2D eigenvalue weighted by atomic mass is 10.0. The number of aromatic nitrogens is 1. The van der Waals surface area contributed by atoms with E-state index >= 15 is 0 Å². The van der Waals surface area contributed by atoms with Crippen molar-refractivity contribution < 1.29 is 23.8 Å². The molecule has 2 aromatic heterocycles. The molecule has 0 radical (unpaired) electrons. The van der Waals surface area contributed by atoms with Gasteiger partial charge in [-0.15, -0.1) is 11.3 Å². The summed E-state index contributed by atoms with van der Waals surface area (Å²) in [5.41, 5.74) is 4.04. The van der Waals surface area contributed by atoms with Crippen molar-refractivity contribution in [1.82, 2.24) is 5.16 Å². The fourth-order valence-corrected chi connectivity index (χ4v) is 4.72. The normalized spacial score (nSPS) is 10.9. The number of aryl methyl sites for hydroxylation is 2. The van der Waals surface area contributed by atoms with Crippen LogP contribution in [0.3, 0.4) is 0 Å². The molecule has 34 heavy (non-hydrogen) atoms. The van der Waals surface area contributed by atoms with E-state index in [2.05, 4.69) is 10.5 Å². The van der Waals surface area contributed by atoms with Gasteiger partial charge in [-0.05, 0) is 43.5 Å². The molecule has 1 amide bonds. The number of nitrogens with zero attached hydrogens (tertiary/aromatic N) is 2. The summed E-state index contributed by atoms with van der Waals surface area (Å²) in [5, 5.41) is 20.7. The number of rotatable bonds is 7. The number of ether oxygens (including phenoxy) is 1. The van der Waals surface area contributed by atoms with Gasteiger partial charge in [-0.25, -0.2) is 4.79 Å². The maximum Gasteiger partial charge on any atom is 0.341 e. The predicted octanol–water partition coefficient (Wildman–Crippen LogP) is 5.44. The molecule has 0 aliphatic carbocycles. The molecule has 10 heteroatoms. The maximum atomic E-state index is 12.9. The van der Waals surface area contributed by atoms with Gasteiger partial charge in [0.25, 0.3) is 5.69 Å². The minimum Gasteiger partial charge on any atom is -0.462 e. The average molecular weight is 480 g/mol. The van der Waals surface area contributed by atoms with Crippen LogP contribution in [-0.2, 0) is 16.0 Å². The van der Waals surface area contributed by atoms with E-state index < -0.39 is 10.9 Å². The molecule has 4 rings (SSSR count). The van der Waals surface area contributed by atoms with Crippen LogP contribution in [-0.4, -0.2) is 28.6 Å². The van der Waals surface area contributed by atoms with Crippen molar-refractivity contribution in [3.63, 3.8) is 0 Å². The van der Waals surface area contributed by atoms with Crippen LogP contribution in [0.2, 0.25) is 0 Å². The molecule has 0 bridgehead atoms. The lowest BCUT2D eigenvalue weighted by Gasteiger charge is -2.08. The average Bonchev–Trinajstić information content (AvgIpc) is 3.38. The Hall–Kier alpha value is -4.05. The smallest absolute Gasteiger partial charge is 0.341 e. The van der Waals surface area contributed by atoms with Gasteiger partial charge in [0, 0.05) is 28.5 Å². The Kier molecular flexibility index (Phi) is 6.42. The molecule has 9 nitrogen and oxygen atoms in total. The molecule has 1 N–H and O–H groups in total. The van der Waals surface area contributed by atoms with Crippen LogP contribution in [0.1, 0.15) is 34.1 Å². The van der Waals surface area contributed by atoms with Crippen molar-refractivity contribution in [3.05, 3.63) is 74.3 Å². The molecule has 0 unspecified atom stereocenters. The molecule has 0 aliphatic heterocycles. The Balaban J connectivity index is 1.66. The van der Waals surface area contributed by atoms with Gasteiger partial charge in [-0.2, -0.15) is 0 Å². The van der Waals surface area contributed by atoms with E-state index in [1.807, 2.05) is 26.0 Å². The third-order valence-electron chi connectivity index (χ3n) is 5.20. The first-order valence-electron chi connectivity index (χ1n) is 10.5. The lowest BCUT2D eigenvalue weighted by molar-refractivity contribution is -0.384. The minimum atomic E-state index is -0.626. The number of nitrogens with one attached hydrogen (secondary N) is 1. The number of anilines is 1. The van der Waals surface area contributed by atoms with Gasteiger partial charge in [-0.1, -0.05) is 23.4 Å². The number of fused-ring (bicyclic) bond motifs is 1. The molecule has 0 saturated heterocycles. The Labute approximate surface area is 198 Å². The van der Waals surface area contributed by atoms with Gasteiger partial charge < -0.3 is 14.6 Å². The first kappa shape index (κ1) is 23.1. The lowest BCUT2D eigenvalue weighted by Crippen LogP contribution is -2.17. The number of hydrogen-bond acceptors (Lipinski definition) is 8. The van der Waals surface area contributed by atoms with Crippen molar-refractivity contribution in [2.45, 2.75) is 27.2 Å². The molecule has 2 heterocycles. The predicted molar refractivity (Wildman–Crippen MR) is 128 cm³/mol. The molecular formula is C24H21N3O6S. The number of non-ortho nitro benzene ring substituents is 1. The van der Waals surface area contributed by atoms with Crippen LogP contribution < -0.4 is 5.32 Å². The molecule has 0 spiro atoms. The molecule has 2 aromatic carbocycles. The van der Waals surface area contributed by atoms with Crippen molar-refractivity contribution in [2.24, 2.45) is 0 Å². The zero-order valence-electron chi connectivity index (χ0n) is 18.7. The van der Waals surface area contributed by atoms with Crippen LogP contribution in [0.25, 0.3) is 22.1 Å². The van der Waals surface area contributed by atoms with Crippen molar-refractivity contribution >= 4 is 44.9 Å². The third kappa shape index (κ3) is 4.53. The van der Waals surface area contributed by atoms with E-state index in [1.54, 1.807) is 18.4 Å². The van der Waals surface area contributed by atoms with Gasteiger partial charge >= 0.3 is 5.97 Å². The largest absolute Gasteiger partial charge is 0.462 e.